The number of thiophene rings is 1. The van der Waals surface area contributed by atoms with Gasteiger partial charge in [-0.2, -0.15) is 0 Å². The first kappa shape index (κ1) is 20.2. The van der Waals surface area contributed by atoms with Gasteiger partial charge >= 0.3 is 6.03 Å². The van der Waals surface area contributed by atoms with Crippen molar-refractivity contribution in [1.82, 2.24) is 4.90 Å². The second kappa shape index (κ2) is 8.34. The number of carbonyl (C=O) groups excluding carboxylic acids is 2. The molecule has 6 nitrogen and oxygen atoms in total. The number of halogens is 1. The van der Waals surface area contributed by atoms with Crippen molar-refractivity contribution in [3.63, 3.8) is 0 Å². The number of carbonyl (C=O) groups is 2. The van der Waals surface area contributed by atoms with Gasteiger partial charge in [0.05, 0.1) is 5.56 Å². The maximum Gasteiger partial charge on any atom is 0.324 e. The van der Waals surface area contributed by atoms with Gasteiger partial charge in [-0.1, -0.05) is 18.0 Å². The Morgan fingerprint density at radius 1 is 1.24 bits per heavy atom. The van der Waals surface area contributed by atoms with Crippen LogP contribution in [0.4, 0.5) is 15.5 Å². The van der Waals surface area contributed by atoms with Gasteiger partial charge in [-0.05, 0) is 61.9 Å². The first-order chi connectivity index (χ1) is 13.9. The van der Waals surface area contributed by atoms with E-state index in [0.717, 1.165) is 35.9 Å². The topological polar surface area (TPSA) is 87.5 Å². The monoisotopic (exact) mass is 432 g/mol. The second-order valence-electron chi connectivity index (χ2n) is 7.81. The SMILES string of the molecule is CC(C1CCC1)N1CCc2c(sc(NC(=O)Nc3ccc(Cl)cc3)c2C(N)=O)C1. The summed E-state index contributed by atoms with van der Waals surface area (Å²) in [7, 11) is 0. The molecule has 3 amide bonds. The van der Waals surface area contributed by atoms with E-state index in [9.17, 15) is 9.59 Å². The smallest absolute Gasteiger partial charge is 0.324 e. The molecule has 0 bridgehead atoms. The van der Waals surface area contributed by atoms with Crippen LogP contribution in [0.3, 0.4) is 0 Å². The molecule has 2 aromatic rings. The van der Waals surface area contributed by atoms with Crippen LogP contribution in [0.5, 0.6) is 0 Å². The number of hydrogen-bond donors (Lipinski definition) is 3. The third-order valence-electron chi connectivity index (χ3n) is 6.07. The minimum atomic E-state index is -0.496. The van der Waals surface area contributed by atoms with Crippen LogP contribution >= 0.6 is 22.9 Å². The van der Waals surface area contributed by atoms with E-state index in [1.54, 1.807) is 24.3 Å². The zero-order chi connectivity index (χ0) is 20.5. The van der Waals surface area contributed by atoms with Gasteiger partial charge in [0.15, 0.2) is 0 Å². The Kier molecular flexibility index (Phi) is 5.81. The number of fused-ring (bicyclic) bond motifs is 1. The van der Waals surface area contributed by atoms with Gasteiger partial charge in [-0.25, -0.2) is 4.79 Å². The summed E-state index contributed by atoms with van der Waals surface area (Å²) in [5, 5.41) is 6.69. The van der Waals surface area contributed by atoms with Crippen LogP contribution in [0, 0.1) is 5.92 Å². The maximum absolute atomic E-state index is 12.5. The molecule has 1 fully saturated rings. The predicted molar refractivity (Wildman–Crippen MR) is 118 cm³/mol. The number of amides is 3. The quantitative estimate of drug-likeness (QED) is 0.640. The van der Waals surface area contributed by atoms with E-state index in [1.807, 2.05) is 0 Å². The molecule has 154 valence electrons. The number of urea groups is 1. The highest BCUT2D eigenvalue weighted by Gasteiger charge is 2.33. The fourth-order valence-corrected chi connectivity index (χ4v) is 5.54. The Bertz CT molecular complexity index is 924. The standard InChI is InChI=1S/C21H25ClN4O2S/c1-12(13-3-2-4-13)26-10-9-16-17(11-26)29-20(18(16)19(23)27)25-21(28)24-15-7-5-14(22)6-8-15/h5-8,12-13H,2-4,9-11H2,1H3,(H2,23,27)(H2,24,25,28). The highest BCUT2D eigenvalue weighted by molar-refractivity contribution is 7.17. The van der Waals surface area contributed by atoms with Crippen molar-refractivity contribution in [3.8, 4) is 0 Å². The molecule has 2 aliphatic rings. The number of primary amides is 1. The zero-order valence-corrected chi connectivity index (χ0v) is 17.9. The van der Waals surface area contributed by atoms with Crippen molar-refractivity contribution in [3.05, 3.63) is 45.3 Å². The molecule has 4 N–H and O–H groups in total. The van der Waals surface area contributed by atoms with Crippen LogP contribution < -0.4 is 16.4 Å². The van der Waals surface area contributed by atoms with Crippen molar-refractivity contribution in [2.24, 2.45) is 11.7 Å². The van der Waals surface area contributed by atoms with E-state index in [1.165, 1.54) is 30.6 Å². The van der Waals surface area contributed by atoms with Crippen molar-refractivity contribution in [2.45, 2.75) is 45.2 Å². The summed E-state index contributed by atoms with van der Waals surface area (Å²) in [4.78, 5) is 28.2. The van der Waals surface area contributed by atoms with Crippen LogP contribution in [0.15, 0.2) is 24.3 Å². The van der Waals surface area contributed by atoms with E-state index in [-0.39, 0.29) is 0 Å². The molecule has 1 aromatic carbocycles. The molecular formula is C21H25ClN4O2S. The van der Waals surface area contributed by atoms with Crippen LogP contribution in [-0.2, 0) is 13.0 Å². The molecule has 0 radical (unpaired) electrons. The van der Waals surface area contributed by atoms with Gasteiger partial charge in [-0.15, -0.1) is 11.3 Å². The number of hydrogen-bond acceptors (Lipinski definition) is 4. The molecule has 1 aromatic heterocycles. The van der Waals surface area contributed by atoms with E-state index in [2.05, 4.69) is 22.5 Å². The largest absolute Gasteiger partial charge is 0.365 e. The average Bonchev–Trinajstić information content (AvgIpc) is 2.99. The van der Waals surface area contributed by atoms with Gasteiger partial charge < -0.3 is 11.1 Å². The molecule has 0 saturated heterocycles. The van der Waals surface area contributed by atoms with E-state index < -0.39 is 11.9 Å². The first-order valence-corrected chi connectivity index (χ1v) is 11.1. The molecule has 1 aliphatic carbocycles. The molecule has 2 heterocycles. The Hall–Kier alpha value is -2.09. The summed E-state index contributed by atoms with van der Waals surface area (Å²) in [6.07, 6.45) is 4.72. The summed E-state index contributed by atoms with van der Waals surface area (Å²) in [5.74, 6) is 0.277. The molecule has 8 heteroatoms. The van der Waals surface area contributed by atoms with Gasteiger partial charge in [0.1, 0.15) is 5.00 Å². The maximum atomic E-state index is 12.5. The average molecular weight is 433 g/mol. The summed E-state index contributed by atoms with van der Waals surface area (Å²) >= 11 is 7.33. The van der Waals surface area contributed by atoms with Gasteiger partial charge in [0, 0.05) is 34.7 Å². The molecule has 29 heavy (non-hydrogen) atoms. The zero-order valence-electron chi connectivity index (χ0n) is 16.3. The molecule has 1 aliphatic heterocycles. The Morgan fingerprint density at radius 2 is 1.97 bits per heavy atom. The lowest BCUT2D eigenvalue weighted by Crippen LogP contribution is -2.43. The lowest BCUT2D eigenvalue weighted by atomic mass is 9.79. The van der Waals surface area contributed by atoms with Crippen molar-refractivity contribution in [2.75, 3.05) is 17.2 Å². The lowest BCUT2D eigenvalue weighted by molar-refractivity contribution is 0.0959. The third-order valence-corrected chi connectivity index (χ3v) is 7.45. The summed E-state index contributed by atoms with van der Waals surface area (Å²) < 4.78 is 0. The molecule has 0 spiro atoms. The highest BCUT2D eigenvalue weighted by atomic mass is 35.5. The highest BCUT2D eigenvalue weighted by Crippen LogP contribution is 2.39. The summed E-state index contributed by atoms with van der Waals surface area (Å²) in [6.45, 7) is 4.02. The number of nitrogens with one attached hydrogen (secondary N) is 2. The van der Waals surface area contributed by atoms with Crippen LogP contribution in [0.2, 0.25) is 5.02 Å². The molecule has 4 rings (SSSR count). The second-order valence-corrected chi connectivity index (χ2v) is 9.35. The number of nitrogens with zero attached hydrogens (tertiary/aromatic N) is 1. The number of benzene rings is 1. The number of nitrogens with two attached hydrogens (primary N) is 1. The minimum Gasteiger partial charge on any atom is -0.365 e. The fourth-order valence-electron chi connectivity index (χ4n) is 4.14. The molecule has 1 unspecified atom stereocenters. The summed E-state index contributed by atoms with van der Waals surface area (Å²) in [6, 6.07) is 6.97. The van der Waals surface area contributed by atoms with Crippen LogP contribution in [0.25, 0.3) is 0 Å². The molecule has 1 atom stereocenters. The Labute approximate surface area is 179 Å². The first-order valence-electron chi connectivity index (χ1n) is 9.94. The van der Waals surface area contributed by atoms with Crippen molar-refractivity contribution < 1.29 is 9.59 Å². The van der Waals surface area contributed by atoms with Crippen molar-refractivity contribution >= 4 is 45.6 Å². The number of rotatable bonds is 5. The lowest BCUT2D eigenvalue weighted by Gasteiger charge is -2.40. The van der Waals surface area contributed by atoms with E-state index in [0.29, 0.717) is 27.3 Å². The predicted octanol–water partition coefficient (Wildman–Crippen LogP) is 4.69. The van der Waals surface area contributed by atoms with Gasteiger partial charge in [0.2, 0.25) is 0 Å². The van der Waals surface area contributed by atoms with E-state index in [4.69, 9.17) is 17.3 Å². The minimum absolute atomic E-state index is 0.409. The molecular weight excluding hydrogens is 408 g/mol. The van der Waals surface area contributed by atoms with Crippen LogP contribution in [-0.4, -0.2) is 29.4 Å². The molecule has 1 saturated carbocycles. The normalized spacial score (nSPS) is 17.9. The Morgan fingerprint density at radius 3 is 2.59 bits per heavy atom. The third kappa shape index (κ3) is 4.27. The van der Waals surface area contributed by atoms with Gasteiger partial charge in [0.25, 0.3) is 5.91 Å². The van der Waals surface area contributed by atoms with Crippen molar-refractivity contribution in [1.29, 1.82) is 0 Å². The number of anilines is 2. The van der Waals surface area contributed by atoms with Gasteiger partial charge in [-0.3, -0.25) is 15.0 Å². The Balaban J connectivity index is 1.50. The fraction of sp³-hybridized carbons (Fsp3) is 0.429. The van der Waals surface area contributed by atoms with Crippen LogP contribution in [0.1, 0.15) is 47.0 Å². The van der Waals surface area contributed by atoms with E-state index >= 15 is 0 Å². The summed E-state index contributed by atoms with van der Waals surface area (Å²) in [5.41, 5.74) is 7.73.